The molecule has 2 aliphatic rings. The summed E-state index contributed by atoms with van der Waals surface area (Å²) in [7, 11) is -3.18. The lowest BCUT2D eigenvalue weighted by molar-refractivity contribution is -0.134. The number of carbonyl (C=O) groups excluding carboxylic acids is 1. The minimum atomic E-state index is -3.18. The second-order valence-electron chi connectivity index (χ2n) is 6.83. The molecule has 1 saturated carbocycles. The highest BCUT2D eigenvalue weighted by atomic mass is 35.5. The van der Waals surface area contributed by atoms with Crippen LogP contribution < -0.4 is 10.6 Å². The largest absolute Gasteiger partial charge is 0.351 e. The first-order valence-electron chi connectivity index (χ1n) is 8.20. The van der Waals surface area contributed by atoms with Crippen molar-refractivity contribution in [2.45, 2.75) is 37.1 Å². The van der Waals surface area contributed by atoms with E-state index >= 15 is 0 Å². The SMILES string of the molecule is CS(=O)(=O)c1ccc(CNC(=O)[C@@]23CCCC[C@H]2CNC3)cc1.Cl. The Morgan fingerprint density at radius 2 is 2.00 bits per heavy atom. The number of hydrogen-bond donors (Lipinski definition) is 2. The predicted octanol–water partition coefficient (Wildman–Crippen LogP) is 1.91. The third-order valence-corrected chi connectivity index (χ3v) is 6.42. The second-order valence-corrected chi connectivity index (χ2v) is 8.84. The molecule has 1 heterocycles. The van der Waals surface area contributed by atoms with Gasteiger partial charge in [-0.25, -0.2) is 8.42 Å². The van der Waals surface area contributed by atoms with E-state index in [4.69, 9.17) is 0 Å². The molecule has 0 unspecified atom stereocenters. The fourth-order valence-corrected chi connectivity index (χ4v) is 4.53. The number of nitrogens with one attached hydrogen (secondary N) is 2. The molecular formula is C17H25ClN2O3S. The summed E-state index contributed by atoms with van der Waals surface area (Å²) in [5.74, 6) is 0.586. The molecule has 1 aromatic carbocycles. The van der Waals surface area contributed by atoms with Crippen LogP contribution in [0.4, 0.5) is 0 Å². The normalized spacial score (nSPS) is 26.3. The Balaban J connectivity index is 0.00000208. The van der Waals surface area contributed by atoms with Gasteiger partial charge in [0.1, 0.15) is 0 Å². The molecule has 134 valence electrons. The molecule has 1 aliphatic carbocycles. The second kappa shape index (κ2) is 7.42. The lowest BCUT2D eigenvalue weighted by Crippen LogP contribution is -2.47. The smallest absolute Gasteiger partial charge is 0.228 e. The molecule has 3 rings (SSSR count). The van der Waals surface area contributed by atoms with Crippen molar-refractivity contribution in [2.24, 2.45) is 11.3 Å². The fourth-order valence-electron chi connectivity index (χ4n) is 3.90. The van der Waals surface area contributed by atoms with Gasteiger partial charge in [-0.2, -0.15) is 0 Å². The quantitative estimate of drug-likeness (QED) is 0.846. The zero-order valence-electron chi connectivity index (χ0n) is 13.9. The fraction of sp³-hybridized carbons (Fsp3) is 0.588. The maximum absolute atomic E-state index is 12.8. The Kier molecular flexibility index (Phi) is 5.94. The predicted molar refractivity (Wildman–Crippen MR) is 95.9 cm³/mol. The summed E-state index contributed by atoms with van der Waals surface area (Å²) in [6.07, 6.45) is 5.62. The van der Waals surface area contributed by atoms with Gasteiger partial charge < -0.3 is 10.6 Å². The Labute approximate surface area is 149 Å². The molecular weight excluding hydrogens is 348 g/mol. The monoisotopic (exact) mass is 372 g/mol. The Morgan fingerprint density at radius 3 is 2.67 bits per heavy atom. The maximum atomic E-state index is 12.8. The van der Waals surface area contributed by atoms with Gasteiger partial charge in [0.05, 0.1) is 10.3 Å². The summed E-state index contributed by atoms with van der Waals surface area (Å²) in [5.41, 5.74) is 0.672. The van der Waals surface area contributed by atoms with Gasteiger partial charge in [0.25, 0.3) is 0 Å². The van der Waals surface area contributed by atoms with Gasteiger partial charge in [-0.05, 0) is 43.0 Å². The highest BCUT2D eigenvalue weighted by Crippen LogP contribution is 2.43. The summed E-state index contributed by atoms with van der Waals surface area (Å²) in [5, 5.41) is 6.44. The first-order valence-corrected chi connectivity index (χ1v) is 10.1. The van der Waals surface area contributed by atoms with E-state index in [1.807, 2.05) is 0 Å². The van der Waals surface area contributed by atoms with E-state index in [-0.39, 0.29) is 23.7 Å². The zero-order chi connectivity index (χ0) is 16.5. The van der Waals surface area contributed by atoms with Crippen LogP contribution in [0.25, 0.3) is 0 Å². The van der Waals surface area contributed by atoms with Crippen LogP contribution in [-0.2, 0) is 21.2 Å². The van der Waals surface area contributed by atoms with E-state index in [0.717, 1.165) is 37.9 Å². The summed E-state index contributed by atoms with van der Waals surface area (Å²) >= 11 is 0. The van der Waals surface area contributed by atoms with Gasteiger partial charge in [0, 0.05) is 19.3 Å². The van der Waals surface area contributed by atoms with Crippen LogP contribution in [-0.4, -0.2) is 33.7 Å². The number of halogens is 1. The number of sulfone groups is 1. The van der Waals surface area contributed by atoms with Gasteiger partial charge in [0.2, 0.25) is 5.91 Å². The van der Waals surface area contributed by atoms with Crippen LogP contribution in [0.5, 0.6) is 0 Å². The van der Waals surface area contributed by atoms with Crippen LogP contribution in [0.15, 0.2) is 29.2 Å². The van der Waals surface area contributed by atoms with Gasteiger partial charge >= 0.3 is 0 Å². The third kappa shape index (κ3) is 3.76. The summed E-state index contributed by atoms with van der Waals surface area (Å²) < 4.78 is 22.9. The average Bonchev–Trinajstić information content (AvgIpc) is 2.97. The highest BCUT2D eigenvalue weighted by Gasteiger charge is 2.49. The Hall–Kier alpha value is -1.11. The number of fused-ring (bicyclic) bond motifs is 1. The average molecular weight is 373 g/mol. The molecule has 1 amide bonds. The highest BCUT2D eigenvalue weighted by molar-refractivity contribution is 7.90. The first-order chi connectivity index (χ1) is 10.9. The molecule has 2 atom stereocenters. The van der Waals surface area contributed by atoms with Crippen molar-refractivity contribution in [3.05, 3.63) is 29.8 Å². The molecule has 1 aromatic rings. The molecule has 5 nitrogen and oxygen atoms in total. The molecule has 2 fully saturated rings. The van der Waals surface area contributed by atoms with Crippen molar-refractivity contribution >= 4 is 28.2 Å². The van der Waals surface area contributed by atoms with E-state index in [1.165, 1.54) is 12.7 Å². The number of carbonyl (C=O) groups is 1. The first kappa shape index (κ1) is 19.2. The standard InChI is InChI=1S/C17H24N2O3S.ClH/c1-23(21,22)15-7-5-13(6-8-15)10-19-16(20)17-9-3-2-4-14(17)11-18-12-17;/h5-8,14,18H,2-4,9-12H2,1H3,(H,19,20);1H/t14-,17+;/m0./s1. The van der Waals surface area contributed by atoms with Crippen LogP contribution in [0.1, 0.15) is 31.2 Å². The summed E-state index contributed by atoms with van der Waals surface area (Å²) in [6.45, 7) is 2.16. The maximum Gasteiger partial charge on any atom is 0.228 e. The van der Waals surface area contributed by atoms with E-state index < -0.39 is 9.84 Å². The van der Waals surface area contributed by atoms with Crippen LogP contribution in [0, 0.1) is 11.3 Å². The van der Waals surface area contributed by atoms with Gasteiger partial charge in [-0.1, -0.05) is 25.0 Å². The molecule has 7 heteroatoms. The van der Waals surface area contributed by atoms with Crippen molar-refractivity contribution in [1.29, 1.82) is 0 Å². The molecule has 24 heavy (non-hydrogen) atoms. The number of benzene rings is 1. The van der Waals surface area contributed by atoms with Crippen LogP contribution in [0.3, 0.4) is 0 Å². The van der Waals surface area contributed by atoms with Crippen LogP contribution >= 0.6 is 12.4 Å². The lowest BCUT2D eigenvalue weighted by Gasteiger charge is -2.37. The molecule has 0 aromatic heterocycles. The minimum Gasteiger partial charge on any atom is -0.351 e. The molecule has 2 N–H and O–H groups in total. The minimum absolute atomic E-state index is 0. The van der Waals surface area contributed by atoms with Gasteiger partial charge in [0.15, 0.2) is 9.84 Å². The molecule has 0 radical (unpaired) electrons. The summed E-state index contributed by atoms with van der Waals surface area (Å²) in [4.78, 5) is 13.1. The van der Waals surface area contributed by atoms with Crippen LogP contribution in [0.2, 0.25) is 0 Å². The number of rotatable bonds is 4. The van der Waals surface area contributed by atoms with Crippen molar-refractivity contribution in [3.63, 3.8) is 0 Å². The van der Waals surface area contributed by atoms with Gasteiger partial charge in [-0.15, -0.1) is 12.4 Å². The van der Waals surface area contributed by atoms with E-state index in [2.05, 4.69) is 10.6 Å². The van der Waals surface area contributed by atoms with Crippen molar-refractivity contribution in [2.75, 3.05) is 19.3 Å². The summed E-state index contributed by atoms with van der Waals surface area (Å²) in [6, 6.07) is 6.71. The molecule has 1 aliphatic heterocycles. The van der Waals surface area contributed by atoms with Crippen molar-refractivity contribution < 1.29 is 13.2 Å². The van der Waals surface area contributed by atoms with E-state index in [0.29, 0.717) is 17.4 Å². The van der Waals surface area contributed by atoms with Crippen molar-refractivity contribution in [3.8, 4) is 0 Å². The van der Waals surface area contributed by atoms with Crippen molar-refractivity contribution in [1.82, 2.24) is 10.6 Å². The molecule has 0 spiro atoms. The molecule has 0 bridgehead atoms. The number of hydrogen-bond acceptors (Lipinski definition) is 4. The number of amides is 1. The topological polar surface area (TPSA) is 75.3 Å². The third-order valence-electron chi connectivity index (χ3n) is 5.29. The lowest BCUT2D eigenvalue weighted by atomic mass is 9.67. The Morgan fingerprint density at radius 1 is 1.29 bits per heavy atom. The van der Waals surface area contributed by atoms with Gasteiger partial charge in [-0.3, -0.25) is 4.79 Å². The van der Waals surface area contributed by atoms with E-state index in [1.54, 1.807) is 24.3 Å². The Bertz CT molecular complexity index is 690. The molecule has 1 saturated heterocycles. The zero-order valence-corrected chi connectivity index (χ0v) is 15.5. The van der Waals surface area contributed by atoms with E-state index in [9.17, 15) is 13.2 Å².